The number of anilines is 1. The molecule has 0 radical (unpaired) electrons. The molecular formula is C16H21N7O. The summed E-state index contributed by atoms with van der Waals surface area (Å²) in [5.41, 5.74) is 7.05. The number of pyridine rings is 1. The number of hydrogen-bond donors (Lipinski definition) is 1. The fraction of sp³-hybridized carbons (Fsp3) is 0.375. The van der Waals surface area contributed by atoms with E-state index in [1.807, 2.05) is 12.1 Å². The highest BCUT2D eigenvalue weighted by molar-refractivity contribution is 5.78. The monoisotopic (exact) mass is 327 g/mol. The number of aromatic nitrogens is 3. The van der Waals surface area contributed by atoms with Crippen molar-refractivity contribution in [1.29, 1.82) is 0 Å². The lowest BCUT2D eigenvalue weighted by molar-refractivity contribution is 0.377. The maximum Gasteiger partial charge on any atom is 0.225 e. The highest BCUT2D eigenvalue weighted by Gasteiger charge is 2.19. The average molecular weight is 327 g/mol. The summed E-state index contributed by atoms with van der Waals surface area (Å²) in [6.07, 6.45) is 6.96. The minimum Gasteiger partial charge on any atom is -0.496 e. The Kier molecular flexibility index (Phi) is 5.05. The quantitative estimate of drug-likeness (QED) is 0.646. The van der Waals surface area contributed by atoms with E-state index >= 15 is 0 Å². The first-order valence-electron chi connectivity index (χ1n) is 7.81. The van der Waals surface area contributed by atoms with Crippen LogP contribution in [0.2, 0.25) is 0 Å². The summed E-state index contributed by atoms with van der Waals surface area (Å²) in [6, 6.07) is 3.64. The molecule has 1 fully saturated rings. The van der Waals surface area contributed by atoms with Crippen molar-refractivity contribution in [1.82, 2.24) is 19.9 Å². The fourth-order valence-electron chi connectivity index (χ4n) is 2.59. The van der Waals surface area contributed by atoms with E-state index in [2.05, 4.69) is 29.7 Å². The van der Waals surface area contributed by atoms with E-state index < -0.39 is 0 Å². The lowest BCUT2D eigenvalue weighted by Gasteiger charge is -2.35. The molecule has 0 amide bonds. The number of rotatable bonds is 4. The van der Waals surface area contributed by atoms with Gasteiger partial charge in [0.2, 0.25) is 5.95 Å². The zero-order valence-electron chi connectivity index (χ0n) is 13.7. The van der Waals surface area contributed by atoms with E-state index in [0.29, 0.717) is 12.5 Å². The number of methoxy groups -OCH3 is 1. The van der Waals surface area contributed by atoms with Crippen molar-refractivity contribution in [2.24, 2.45) is 10.7 Å². The highest BCUT2D eigenvalue weighted by Crippen LogP contribution is 2.17. The van der Waals surface area contributed by atoms with Gasteiger partial charge in [0.1, 0.15) is 5.75 Å². The van der Waals surface area contributed by atoms with Crippen LogP contribution in [0.15, 0.2) is 41.9 Å². The first kappa shape index (κ1) is 16.0. The van der Waals surface area contributed by atoms with Gasteiger partial charge in [-0.15, -0.1) is 0 Å². The third-order valence-electron chi connectivity index (χ3n) is 3.93. The molecule has 2 aromatic heterocycles. The summed E-state index contributed by atoms with van der Waals surface area (Å²) in [6.45, 7) is 3.66. The summed E-state index contributed by atoms with van der Waals surface area (Å²) in [4.78, 5) is 21.4. The maximum absolute atomic E-state index is 6.14. The lowest BCUT2D eigenvalue weighted by atomic mass is 10.2. The number of ether oxygens (including phenoxy) is 1. The molecule has 2 aromatic rings. The topological polar surface area (TPSA) is 92.8 Å². The van der Waals surface area contributed by atoms with E-state index in [9.17, 15) is 0 Å². The predicted octanol–water partition coefficient (Wildman–Crippen LogP) is 0.517. The van der Waals surface area contributed by atoms with Gasteiger partial charge in [-0.3, -0.25) is 4.98 Å². The smallest absolute Gasteiger partial charge is 0.225 e. The third-order valence-corrected chi connectivity index (χ3v) is 3.93. The summed E-state index contributed by atoms with van der Waals surface area (Å²) in [5.74, 6) is 2.06. The maximum atomic E-state index is 6.14. The van der Waals surface area contributed by atoms with Gasteiger partial charge in [-0.2, -0.15) is 0 Å². The SMILES string of the molecule is COc1ccncc1CN=C(N)N1CCN(c2ncccn2)CC1. The average Bonchev–Trinajstić information content (AvgIpc) is 2.67. The number of piperazine rings is 1. The van der Waals surface area contributed by atoms with E-state index in [0.717, 1.165) is 43.4 Å². The molecular weight excluding hydrogens is 306 g/mol. The minimum atomic E-state index is 0.449. The molecule has 0 atom stereocenters. The number of nitrogens with zero attached hydrogens (tertiary/aromatic N) is 6. The van der Waals surface area contributed by atoms with E-state index in [1.54, 1.807) is 31.9 Å². The number of guanidine groups is 1. The van der Waals surface area contributed by atoms with Crippen molar-refractivity contribution < 1.29 is 4.74 Å². The molecule has 0 saturated carbocycles. The Bertz CT molecular complexity index is 684. The predicted molar refractivity (Wildman–Crippen MR) is 91.9 cm³/mol. The fourth-order valence-corrected chi connectivity index (χ4v) is 2.59. The van der Waals surface area contributed by atoms with Crippen LogP contribution in [0.3, 0.4) is 0 Å². The standard InChI is InChI=1S/C16H21N7O/c1-24-14-3-6-18-11-13(14)12-21-15(17)22-7-9-23(10-8-22)16-19-4-2-5-20-16/h2-6,11H,7-10,12H2,1H3,(H2,17,21). The molecule has 1 aliphatic rings. The normalized spacial score (nSPS) is 15.5. The molecule has 0 aromatic carbocycles. The minimum absolute atomic E-state index is 0.449. The first-order valence-corrected chi connectivity index (χ1v) is 7.81. The van der Waals surface area contributed by atoms with Crippen LogP contribution in [0.5, 0.6) is 5.75 Å². The van der Waals surface area contributed by atoms with Crippen LogP contribution in [0, 0.1) is 0 Å². The Labute approximate surface area is 141 Å². The van der Waals surface area contributed by atoms with Gasteiger partial charge in [0.25, 0.3) is 0 Å². The Morgan fingerprint density at radius 3 is 2.67 bits per heavy atom. The lowest BCUT2D eigenvalue weighted by Crippen LogP contribution is -2.51. The van der Waals surface area contributed by atoms with Crippen molar-refractivity contribution in [3.05, 3.63) is 42.5 Å². The van der Waals surface area contributed by atoms with Crippen molar-refractivity contribution in [2.45, 2.75) is 6.54 Å². The second-order valence-electron chi connectivity index (χ2n) is 5.38. The van der Waals surface area contributed by atoms with Crippen molar-refractivity contribution >= 4 is 11.9 Å². The first-order chi connectivity index (χ1) is 11.8. The van der Waals surface area contributed by atoms with Crippen LogP contribution in [0.1, 0.15) is 5.56 Å². The second-order valence-corrected chi connectivity index (χ2v) is 5.38. The Morgan fingerprint density at radius 2 is 1.96 bits per heavy atom. The molecule has 2 N–H and O–H groups in total. The van der Waals surface area contributed by atoms with Crippen molar-refractivity contribution in [2.75, 3.05) is 38.2 Å². The van der Waals surface area contributed by atoms with Crippen LogP contribution in [0.4, 0.5) is 5.95 Å². The van der Waals surface area contributed by atoms with Crippen LogP contribution < -0.4 is 15.4 Å². The van der Waals surface area contributed by atoms with Crippen LogP contribution >= 0.6 is 0 Å². The largest absolute Gasteiger partial charge is 0.496 e. The zero-order chi connectivity index (χ0) is 16.8. The summed E-state index contributed by atoms with van der Waals surface area (Å²) in [5, 5.41) is 0. The molecule has 8 nitrogen and oxygen atoms in total. The molecule has 8 heteroatoms. The molecule has 0 aliphatic carbocycles. The molecule has 3 rings (SSSR count). The summed E-state index contributed by atoms with van der Waals surface area (Å²) in [7, 11) is 1.64. The Hall–Kier alpha value is -2.90. The van der Waals surface area contributed by atoms with Gasteiger partial charge >= 0.3 is 0 Å². The molecule has 1 saturated heterocycles. The Morgan fingerprint density at radius 1 is 1.21 bits per heavy atom. The van der Waals surface area contributed by atoms with Crippen LogP contribution in [0.25, 0.3) is 0 Å². The molecule has 3 heterocycles. The summed E-state index contributed by atoms with van der Waals surface area (Å²) >= 11 is 0. The molecule has 0 unspecified atom stereocenters. The van der Waals surface area contributed by atoms with Crippen LogP contribution in [-0.2, 0) is 6.54 Å². The summed E-state index contributed by atoms with van der Waals surface area (Å²) < 4.78 is 5.30. The van der Waals surface area contributed by atoms with Crippen LogP contribution in [-0.4, -0.2) is 59.1 Å². The number of aliphatic imine (C=N–C) groups is 1. The van der Waals surface area contributed by atoms with Gasteiger partial charge in [0.15, 0.2) is 5.96 Å². The van der Waals surface area contributed by atoms with Gasteiger partial charge in [-0.1, -0.05) is 0 Å². The molecule has 1 aliphatic heterocycles. The molecule has 126 valence electrons. The molecule has 0 bridgehead atoms. The number of hydrogen-bond acceptors (Lipinski definition) is 6. The molecule has 24 heavy (non-hydrogen) atoms. The van der Waals surface area contributed by atoms with E-state index in [-0.39, 0.29) is 0 Å². The van der Waals surface area contributed by atoms with Gasteiger partial charge < -0.3 is 20.3 Å². The van der Waals surface area contributed by atoms with Crippen molar-refractivity contribution in [3.63, 3.8) is 0 Å². The van der Waals surface area contributed by atoms with E-state index in [1.165, 1.54) is 0 Å². The van der Waals surface area contributed by atoms with Gasteiger partial charge in [0, 0.05) is 56.5 Å². The van der Waals surface area contributed by atoms with Gasteiger partial charge in [-0.05, 0) is 12.1 Å². The Balaban J connectivity index is 1.57. The zero-order valence-corrected chi connectivity index (χ0v) is 13.7. The van der Waals surface area contributed by atoms with Gasteiger partial charge in [0.05, 0.1) is 13.7 Å². The second kappa shape index (κ2) is 7.58. The third kappa shape index (κ3) is 3.70. The van der Waals surface area contributed by atoms with E-state index in [4.69, 9.17) is 10.5 Å². The molecule has 0 spiro atoms. The van der Waals surface area contributed by atoms with Gasteiger partial charge in [-0.25, -0.2) is 15.0 Å². The van der Waals surface area contributed by atoms with Crippen molar-refractivity contribution in [3.8, 4) is 5.75 Å². The highest BCUT2D eigenvalue weighted by atomic mass is 16.5. The number of nitrogens with two attached hydrogens (primary N) is 1.